The number of rotatable bonds is 24. The van der Waals surface area contributed by atoms with Crippen molar-refractivity contribution in [3.05, 3.63) is 0 Å². The highest BCUT2D eigenvalue weighted by atomic mass is 16.4. The summed E-state index contributed by atoms with van der Waals surface area (Å²) in [5, 5.41) is 60.2. The Labute approximate surface area is 284 Å². The van der Waals surface area contributed by atoms with Gasteiger partial charge in [-0.25, -0.2) is 0 Å². The maximum atomic E-state index is 10.6. The number of aliphatic carboxylic acids is 3. The van der Waals surface area contributed by atoms with Crippen LogP contribution in [0, 0.1) is 0 Å². The van der Waals surface area contributed by atoms with Gasteiger partial charge in [-0.3, -0.25) is 14.4 Å². The first-order valence-electron chi connectivity index (χ1n) is 16.5. The number of anilines is 3. The topological polar surface area (TPSA) is 325 Å². The van der Waals surface area contributed by atoms with Gasteiger partial charge in [0.2, 0.25) is 17.8 Å². The molecule has 0 aliphatic heterocycles. The SMILES string of the molecule is CC(O)CN.CC(O)CN.CC(O)CN.O=C(O)CCCCCNc1nc(NCCCCCC(=O)O)nc(NCCCCCC(=O)O)n1. The number of nitrogens with two attached hydrogens (primary N) is 3. The number of carboxylic acids is 3. The molecule has 1 rings (SSSR count). The van der Waals surface area contributed by atoms with E-state index in [1.54, 1.807) is 20.8 Å². The van der Waals surface area contributed by atoms with E-state index >= 15 is 0 Å². The van der Waals surface area contributed by atoms with E-state index in [9.17, 15) is 14.4 Å². The Morgan fingerprint density at radius 1 is 0.500 bits per heavy atom. The molecule has 1 aromatic heterocycles. The predicted molar refractivity (Wildman–Crippen MR) is 186 cm³/mol. The number of hydrogen-bond acceptors (Lipinski definition) is 15. The summed E-state index contributed by atoms with van der Waals surface area (Å²) in [6.45, 7) is 7.85. The zero-order valence-electron chi connectivity index (χ0n) is 28.9. The van der Waals surface area contributed by atoms with Gasteiger partial charge >= 0.3 is 17.9 Å². The maximum Gasteiger partial charge on any atom is 0.303 e. The zero-order chi connectivity index (χ0) is 37.2. The minimum absolute atomic E-state index is 0.160. The lowest BCUT2D eigenvalue weighted by atomic mass is 10.2. The lowest BCUT2D eigenvalue weighted by Gasteiger charge is -2.11. The first kappa shape index (κ1) is 49.0. The number of unbranched alkanes of at least 4 members (excludes halogenated alkanes) is 6. The number of aliphatic hydroxyl groups excluding tert-OH is 3. The fourth-order valence-corrected chi connectivity index (χ4v) is 2.95. The van der Waals surface area contributed by atoms with Crippen LogP contribution in [0.3, 0.4) is 0 Å². The Kier molecular flexibility index (Phi) is 35.6. The predicted octanol–water partition coefficient (Wildman–Crippen LogP) is 1.02. The largest absolute Gasteiger partial charge is 0.481 e. The van der Waals surface area contributed by atoms with E-state index in [4.69, 9.17) is 47.8 Å². The summed E-state index contributed by atoms with van der Waals surface area (Å²) in [5.41, 5.74) is 14.8. The summed E-state index contributed by atoms with van der Waals surface area (Å²) in [6.07, 6.45) is 6.06. The van der Waals surface area contributed by atoms with Crippen LogP contribution in [0.4, 0.5) is 17.8 Å². The molecule has 0 aromatic carbocycles. The van der Waals surface area contributed by atoms with Crippen molar-refractivity contribution in [1.82, 2.24) is 15.0 Å². The van der Waals surface area contributed by atoms with Gasteiger partial charge in [-0.1, -0.05) is 19.3 Å². The standard InChI is InChI=1S/C21H36N6O6.3C3H9NO/c28-16(29)10-4-1-7-13-22-19-25-20(23-14-8-2-5-11-17(30)31)27-21(26-19)24-15-9-3-6-12-18(32)33;3*1-3(5)2-4/h1-15H2,(H,28,29)(H,30,31)(H,32,33)(H3,22,23,24,25,26,27);3*3,5H,2,4H2,1H3. The van der Waals surface area contributed by atoms with Crippen LogP contribution in [0.5, 0.6) is 0 Å². The highest BCUT2D eigenvalue weighted by Crippen LogP contribution is 2.11. The molecule has 0 saturated heterocycles. The van der Waals surface area contributed by atoms with E-state index in [-0.39, 0.29) is 37.6 Å². The van der Waals surface area contributed by atoms with E-state index in [0.29, 0.717) is 76.4 Å². The van der Waals surface area contributed by atoms with E-state index in [0.717, 1.165) is 38.5 Å². The van der Waals surface area contributed by atoms with Crippen LogP contribution in [0.2, 0.25) is 0 Å². The Morgan fingerprint density at radius 3 is 0.875 bits per heavy atom. The molecule has 0 saturated carbocycles. The number of nitrogens with one attached hydrogen (secondary N) is 3. The smallest absolute Gasteiger partial charge is 0.303 e. The van der Waals surface area contributed by atoms with Gasteiger partial charge in [0.05, 0.1) is 18.3 Å². The van der Waals surface area contributed by atoms with Crippen LogP contribution in [-0.4, -0.2) is 121 Å². The summed E-state index contributed by atoms with van der Waals surface area (Å²) in [4.78, 5) is 44.8. The molecule has 0 aliphatic rings. The molecule has 0 fully saturated rings. The Balaban J connectivity index is -0.00000112. The molecule has 1 heterocycles. The fourth-order valence-electron chi connectivity index (χ4n) is 2.95. The van der Waals surface area contributed by atoms with Gasteiger partial charge in [0.15, 0.2) is 0 Å². The normalized spacial score (nSPS) is 11.9. The maximum absolute atomic E-state index is 10.6. The second-order valence-corrected chi connectivity index (χ2v) is 11.0. The Bertz CT molecular complexity index is 801. The Hall–Kier alpha value is -3.42. The third kappa shape index (κ3) is 42.6. The van der Waals surface area contributed by atoms with Gasteiger partial charge in [-0.15, -0.1) is 0 Å². The van der Waals surface area contributed by atoms with Crippen molar-refractivity contribution in [1.29, 1.82) is 0 Å². The van der Waals surface area contributed by atoms with Gasteiger partial charge in [0.1, 0.15) is 0 Å². The number of nitrogens with zero attached hydrogens (tertiary/aromatic N) is 3. The molecular weight excluding hydrogens is 630 g/mol. The van der Waals surface area contributed by atoms with E-state index < -0.39 is 17.9 Å². The number of carbonyl (C=O) groups is 3. The van der Waals surface area contributed by atoms with Crippen molar-refractivity contribution < 1.29 is 45.0 Å². The van der Waals surface area contributed by atoms with Crippen molar-refractivity contribution in [2.45, 2.75) is 116 Å². The summed E-state index contributed by atoms with van der Waals surface area (Å²) in [5.74, 6) is -1.16. The number of carboxylic acid groups (broad SMARTS) is 3. The van der Waals surface area contributed by atoms with Crippen LogP contribution in [0.25, 0.3) is 0 Å². The van der Waals surface area contributed by atoms with E-state index in [2.05, 4.69) is 30.9 Å². The van der Waals surface area contributed by atoms with E-state index in [1.165, 1.54) is 0 Å². The molecule has 0 bridgehead atoms. The Morgan fingerprint density at radius 2 is 0.708 bits per heavy atom. The van der Waals surface area contributed by atoms with Crippen molar-refractivity contribution in [3.63, 3.8) is 0 Å². The molecule has 3 unspecified atom stereocenters. The molecule has 18 nitrogen and oxygen atoms in total. The molecular formula is C30H63N9O9. The third-order valence-corrected chi connectivity index (χ3v) is 5.71. The minimum atomic E-state index is -0.794. The van der Waals surface area contributed by atoms with Crippen molar-refractivity contribution in [2.75, 3.05) is 55.2 Å². The van der Waals surface area contributed by atoms with Crippen molar-refractivity contribution >= 4 is 35.8 Å². The van der Waals surface area contributed by atoms with Gasteiger partial charge in [0, 0.05) is 58.5 Å². The highest BCUT2D eigenvalue weighted by Gasteiger charge is 2.07. The van der Waals surface area contributed by atoms with Gasteiger partial charge in [0.25, 0.3) is 0 Å². The van der Waals surface area contributed by atoms with Crippen molar-refractivity contribution in [2.24, 2.45) is 17.2 Å². The molecule has 0 aliphatic carbocycles. The second-order valence-electron chi connectivity index (χ2n) is 11.0. The molecule has 282 valence electrons. The first-order valence-corrected chi connectivity index (χ1v) is 16.5. The van der Waals surface area contributed by atoms with Gasteiger partial charge in [-0.05, 0) is 59.3 Å². The average molecular weight is 694 g/mol. The van der Waals surface area contributed by atoms with Crippen LogP contribution in [-0.2, 0) is 14.4 Å². The quantitative estimate of drug-likeness (QED) is 0.0672. The lowest BCUT2D eigenvalue weighted by Crippen LogP contribution is -2.14. The first-order chi connectivity index (χ1) is 22.7. The van der Waals surface area contributed by atoms with Crippen LogP contribution in [0.1, 0.15) is 97.8 Å². The number of hydrogen-bond donors (Lipinski definition) is 12. The molecule has 48 heavy (non-hydrogen) atoms. The average Bonchev–Trinajstić information content (AvgIpc) is 3.02. The minimum Gasteiger partial charge on any atom is -0.481 e. The van der Waals surface area contributed by atoms with Crippen molar-refractivity contribution in [3.8, 4) is 0 Å². The summed E-state index contributed by atoms with van der Waals surface area (Å²) < 4.78 is 0. The molecule has 0 spiro atoms. The molecule has 0 radical (unpaired) electrons. The number of aliphatic hydroxyl groups is 3. The fraction of sp³-hybridized carbons (Fsp3) is 0.800. The molecule has 0 amide bonds. The zero-order valence-corrected chi connectivity index (χ0v) is 28.9. The summed E-state index contributed by atoms with van der Waals surface area (Å²) >= 11 is 0. The summed E-state index contributed by atoms with van der Waals surface area (Å²) in [6, 6.07) is 0. The monoisotopic (exact) mass is 693 g/mol. The van der Waals surface area contributed by atoms with Crippen LogP contribution < -0.4 is 33.2 Å². The van der Waals surface area contributed by atoms with E-state index in [1.807, 2.05) is 0 Å². The van der Waals surface area contributed by atoms with Gasteiger partial charge in [-0.2, -0.15) is 15.0 Å². The van der Waals surface area contributed by atoms with Gasteiger partial charge < -0.3 is 63.8 Å². The summed E-state index contributed by atoms with van der Waals surface area (Å²) in [7, 11) is 0. The van der Waals surface area contributed by atoms with Crippen LogP contribution >= 0.6 is 0 Å². The lowest BCUT2D eigenvalue weighted by molar-refractivity contribution is -0.138. The molecule has 1 aromatic rings. The second kappa shape index (κ2) is 34.9. The molecule has 3 atom stereocenters. The number of aromatic nitrogens is 3. The highest BCUT2D eigenvalue weighted by molar-refractivity contribution is 5.67. The molecule has 18 heteroatoms. The third-order valence-electron chi connectivity index (χ3n) is 5.71. The van der Waals surface area contributed by atoms with Crippen LogP contribution in [0.15, 0.2) is 0 Å². The molecule has 15 N–H and O–H groups in total.